The molecule has 2 aliphatic rings. The minimum atomic E-state index is -0.469. The molecule has 29 heavy (non-hydrogen) atoms. The van der Waals surface area contributed by atoms with Crippen molar-refractivity contribution in [3.8, 4) is 11.5 Å². The van der Waals surface area contributed by atoms with Gasteiger partial charge in [0.15, 0.2) is 11.5 Å². The first kappa shape index (κ1) is 21.0. The Labute approximate surface area is 171 Å². The summed E-state index contributed by atoms with van der Waals surface area (Å²) < 4.78 is 16.2. The molecular weight excluding hydrogens is 370 g/mol. The number of carbonyl (C=O) groups is 2. The van der Waals surface area contributed by atoms with Crippen molar-refractivity contribution in [2.24, 2.45) is 11.3 Å². The summed E-state index contributed by atoms with van der Waals surface area (Å²) in [4.78, 5) is 25.9. The van der Waals surface area contributed by atoms with Crippen LogP contribution < -0.4 is 14.8 Å². The topological polar surface area (TPSA) is 73.9 Å². The number of ether oxygens (including phenoxy) is 3. The number of allylic oxidation sites excluding steroid dienone is 3. The van der Waals surface area contributed by atoms with Gasteiger partial charge in [0, 0.05) is 23.7 Å². The largest absolute Gasteiger partial charge is 0.493 e. The van der Waals surface area contributed by atoms with Crippen LogP contribution in [0.2, 0.25) is 0 Å². The third kappa shape index (κ3) is 3.88. The molecule has 0 saturated carbocycles. The van der Waals surface area contributed by atoms with Gasteiger partial charge in [0.25, 0.3) is 0 Å². The highest BCUT2D eigenvalue weighted by Gasteiger charge is 2.46. The monoisotopic (exact) mass is 399 g/mol. The second-order valence-electron chi connectivity index (χ2n) is 8.19. The molecule has 0 fully saturated rings. The third-order valence-electron chi connectivity index (χ3n) is 5.49. The van der Waals surface area contributed by atoms with Crippen LogP contribution in [0.4, 0.5) is 0 Å². The molecule has 6 nitrogen and oxygen atoms in total. The minimum absolute atomic E-state index is 0.103. The van der Waals surface area contributed by atoms with Gasteiger partial charge in [-0.1, -0.05) is 26.0 Å². The highest BCUT2D eigenvalue weighted by atomic mass is 16.5. The van der Waals surface area contributed by atoms with Crippen LogP contribution in [0.3, 0.4) is 0 Å². The van der Waals surface area contributed by atoms with Crippen LogP contribution in [0.1, 0.15) is 45.6 Å². The summed E-state index contributed by atoms with van der Waals surface area (Å²) in [6.45, 7) is 8.34. The third-order valence-corrected chi connectivity index (χ3v) is 5.49. The van der Waals surface area contributed by atoms with Gasteiger partial charge >= 0.3 is 5.97 Å². The lowest BCUT2D eigenvalue weighted by atomic mass is 9.66. The summed E-state index contributed by atoms with van der Waals surface area (Å²) in [7, 11) is 2.93. The Kier molecular flexibility index (Phi) is 5.73. The molecule has 1 aromatic rings. The Morgan fingerprint density at radius 3 is 2.55 bits per heavy atom. The number of hydrogen-bond donors (Lipinski definition) is 1. The first-order valence-electron chi connectivity index (χ1n) is 9.84. The van der Waals surface area contributed by atoms with Crippen LogP contribution in [-0.2, 0) is 14.3 Å². The lowest BCUT2D eigenvalue weighted by Gasteiger charge is -2.41. The van der Waals surface area contributed by atoms with E-state index in [0.717, 1.165) is 11.3 Å². The van der Waals surface area contributed by atoms with Crippen molar-refractivity contribution < 1.29 is 23.8 Å². The van der Waals surface area contributed by atoms with E-state index in [4.69, 9.17) is 14.2 Å². The standard InChI is InChI=1S/C23H29NO5/c1-7-29-17-9-8-14(10-18(17)27-5)20-19(22(26)28-6)13(2)24-15-11-23(3,4)12-16(25)21(15)20/h8-11,20-21,24H,7,12H2,1-6H3. The molecule has 1 aliphatic carbocycles. The van der Waals surface area contributed by atoms with E-state index in [9.17, 15) is 9.59 Å². The summed E-state index contributed by atoms with van der Waals surface area (Å²) in [5.74, 6) is -0.0679. The Hall–Kier alpha value is -2.76. The Morgan fingerprint density at radius 2 is 1.93 bits per heavy atom. The number of esters is 1. The average Bonchev–Trinajstić information content (AvgIpc) is 2.65. The predicted octanol–water partition coefficient (Wildman–Crippen LogP) is 3.73. The number of Topliss-reactive ketones (excluding diaryl/α,β-unsaturated/α-hetero) is 1. The summed E-state index contributed by atoms with van der Waals surface area (Å²) in [5, 5.41) is 3.29. The van der Waals surface area contributed by atoms with Crippen molar-refractivity contribution in [1.82, 2.24) is 5.32 Å². The molecule has 0 amide bonds. The quantitative estimate of drug-likeness (QED) is 0.761. The molecule has 1 N–H and O–H groups in total. The first-order chi connectivity index (χ1) is 13.7. The lowest BCUT2D eigenvalue weighted by Crippen LogP contribution is -2.43. The molecule has 156 valence electrons. The molecule has 1 heterocycles. The van der Waals surface area contributed by atoms with Crippen LogP contribution in [0, 0.1) is 11.3 Å². The van der Waals surface area contributed by atoms with Crippen molar-refractivity contribution >= 4 is 11.8 Å². The number of ketones is 1. The van der Waals surface area contributed by atoms with E-state index in [1.807, 2.05) is 45.9 Å². The summed E-state index contributed by atoms with van der Waals surface area (Å²) in [6, 6.07) is 5.57. The van der Waals surface area contributed by atoms with E-state index in [2.05, 4.69) is 11.4 Å². The van der Waals surface area contributed by atoms with E-state index in [0.29, 0.717) is 35.8 Å². The number of benzene rings is 1. The molecule has 1 aliphatic heterocycles. The highest BCUT2D eigenvalue weighted by Crippen LogP contribution is 2.48. The molecule has 1 aromatic carbocycles. The molecule has 2 atom stereocenters. The van der Waals surface area contributed by atoms with E-state index in [1.165, 1.54) is 7.11 Å². The van der Waals surface area contributed by atoms with Crippen molar-refractivity contribution in [3.05, 3.63) is 46.8 Å². The number of methoxy groups -OCH3 is 2. The maximum atomic E-state index is 13.2. The van der Waals surface area contributed by atoms with Gasteiger partial charge in [0.05, 0.1) is 32.3 Å². The zero-order valence-electron chi connectivity index (χ0n) is 17.9. The van der Waals surface area contributed by atoms with E-state index in [1.54, 1.807) is 7.11 Å². The molecule has 0 bridgehead atoms. The number of hydrogen-bond acceptors (Lipinski definition) is 6. The van der Waals surface area contributed by atoms with Gasteiger partial charge in [-0.25, -0.2) is 4.79 Å². The van der Waals surface area contributed by atoms with Crippen LogP contribution >= 0.6 is 0 Å². The molecular formula is C23H29NO5. The van der Waals surface area contributed by atoms with Gasteiger partial charge in [0.1, 0.15) is 5.78 Å². The van der Waals surface area contributed by atoms with Gasteiger partial charge in [-0.05, 0) is 37.0 Å². The molecule has 0 aromatic heterocycles. The minimum Gasteiger partial charge on any atom is -0.493 e. The highest BCUT2D eigenvalue weighted by molar-refractivity contribution is 5.96. The first-order valence-corrected chi connectivity index (χ1v) is 9.84. The fourth-order valence-electron chi connectivity index (χ4n) is 4.36. The molecule has 0 radical (unpaired) electrons. The maximum Gasteiger partial charge on any atom is 0.336 e. The lowest BCUT2D eigenvalue weighted by molar-refractivity contribution is -0.136. The average molecular weight is 399 g/mol. The second kappa shape index (κ2) is 7.93. The summed E-state index contributed by atoms with van der Waals surface area (Å²) >= 11 is 0. The molecule has 0 spiro atoms. The van der Waals surface area contributed by atoms with Gasteiger partial charge in [0.2, 0.25) is 0 Å². The molecule has 0 saturated heterocycles. The van der Waals surface area contributed by atoms with E-state index < -0.39 is 17.8 Å². The maximum absolute atomic E-state index is 13.2. The number of rotatable bonds is 5. The van der Waals surface area contributed by atoms with Crippen molar-refractivity contribution in [2.75, 3.05) is 20.8 Å². The van der Waals surface area contributed by atoms with Crippen LogP contribution in [-0.4, -0.2) is 32.6 Å². The molecule has 3 rings (SSSR count). The SMILES string of the molecule is CCOc1ccc(C2C(C(=O)OC)=C(C)NC3=CC(C)(C)CC(=O)C32)cc1OC. The van der Waals surface area contributed by atoms with Gasteiger partial charge < -0.3 is 19.5 Å². The van der Waals surface area contributed by atoms with E-state index in [-0.39, 0.29) is 11.2 Å². The summed E-state index contributed by atoms with van der Waals surface area (Å²) in [5.41, 5.74) is 2.58. The van der Waals surface area contributed by atoms with Crippen molar-refractivity contribution in [1.29, 1.82) is 0 Å². The van der Waals surface area contributed by atoms with Gasteiger partial charge in [-0.3, -0.25) is 4.79 Å². The fourth-order valence-corrected chi connectivity index (χ4v) is 4.36. The predicted molar refractivity (Wildman–Crippen MR) is 110 cm³/mol. The fraction of sp³-hybridized carbons (Fsp3) is 0.478. The number of carbonyl (C=O) groups excluding carboxylic acids is 2. The zero-order valence-corrected chi connectivity index (χ0v) is 17.9. The van der Waals surface area contributed by atoms with Gasteiger partial charge in [-0.15, -0.1) is 0 Å². The number of fused-ring (bicyclic) bond motifs is 1. The number of nitrogens with one attached hydrogen (secondary N) is 1. The van der Waals surface area contributed by atoms with Crippen molar-refractivity contribution in [3.63, 3.8) is 0 Å². The molecule has 2 unspecified atom stereocenters. The van der Waals surface area contributed by atoms with Crippen LogP contribution in [0.5, 0.6) is 11.5 Å². The Balaban J connectivity index is 2.20. The van der Waals surface area contributed by atoms with Crippen LogP contribution in [0.15, 0.2) is 41.2 Å². The Bertz CT molecular complexity index is 897. The normalized spacial score (nSPS) is 23.0. The zero-order chi connectivity index (χ0) is 21.3. The summed E-state index contributed by atoms with van der Waals surface area (Å²) in [6.07, 6.45) is 2.52. The Morgan fingerprint density at radius 1 is 1.21 bits per heavy atom. The smallest absolute Gasteiger partial charge is 0.336 e. The second-order valence-corrected chi connectivity index (χ2v) is 8.19. The molecule has 6 heteroatoms. The van der Waals surface area contributed by atoms with E-state index >= 15 is 0 Å². The van der Waals surface area contributed by atoms with Crippen LogP contribution in [0.25, 0.3) is 0 Å². The van der Waals surface area contributed by atoms with Crippen molar-refractivity contribution in [2.45, 2.75) is 40.0 Å². The van der Waals surface area contributed by atoms with Gasteiger partial charge in [-0.2, -0.15) is 0 Å².